The Morgan fingerprint density at radius 3 is 2.62 bits per heavy atom. The van der Waals surface area contributed by atoms with Crippen molar-refractivity contribution in [1.82, 2.24) is 0 Å². The van der Waals surface area contributed by atoms with Crippen LogP contribution in [-0.2, 0) is 4.79 Å². The fourth-order valence-electron chi connectivity index (χ4n) is 0.389. The van der Waals surface area contributed by atoms with Crippen molar-refractivity contribution in [3.8, 4) is 0 Å². The van der Waals surface area contributed by atoms with Crippen molar-refractivity contribution in [2.75, 3.05) is 0 Å². The van der Waals surface area contributed by atoms with Crippen molar-refractivity contribution in [3.05, 3.63) is 5.53 Å². The molecule has 0 aromatic carbocycles. The predicted molar refractivity (Wildman–Crippen MR) is 29.6 cm³/mol. The largest absolute Gasteiger partial charge is 0.361 e. The van der Waals surface area contributed by atoms with Crippen molar-refractivity contribution in [2.24, 2.45) is 0 Å². The fraction of sp³-hybridized carbons (Fsp3) is 0.600. The van der Waals surface area contributed by atoms with E-state index < -0.39 is 0 Å². The van der Waals surface area contributed by atoms with Gasteiger partial charge in [-0.3, -0.25) is 4.79 Å². The van der Waals surface area contributed by atoms with E-state index in [1.54, 1.807) is 0 Å². The maximum absolute atomic E-state index is 9.84. The Morgan fingerprint density at radius 2 is 2.50 bits per heavy atom. The minimum absolute atomic E-state index is 0.215. The second-order valence-corrected chi connectivity index (χ2v) is 1.46. The summed E-state index contributed by atoms with van der Waals surface area (Å²) in [7, 11) is 0. The van der Waals surface area contributed by atoms with E-state index in [4.69, 9.17) is 5.53 Å². The van der Waals surface area contributed by atoms with Gasteiger partial charge in [0, 0.05) is 0 Å². The molecule has 8 heavy (non-hydrogen) atoms. The number of rotatable bonds is 3. The van der Waals surface area contributed by atoms with Gasteiger partial charge in [0.25, 0.3) is 0 Å². The molecular weight excluding hydrogens is 104 g/mol. The summed E-state index contributed by atoms with van der Waals surface area (Å²) in [5.41, 5.74) is 8.23. The highest BCUT2D eigenvalue weighted by molar-refractivity contribution is 6.25. The average molecular weight is 112 g/mol. The molecule has 0 aromatic heterocycles. The van der Waals surface area contributed by atoms with E-state index >= 15 is 0 Å². The van der Waals surface area contributed by atoms with E-state index in [0.29, 0.717) is 12.7 Å². The van der Waals surface area contributed by atoms with Crippen molar-refractivity contribution < 1.29 is 9.58 Å². The van der Waals surface area contributed by atoms with Crippen LogP contribution in [0.4, 0.5) is 0 Å². The van der Waals surface area contributed by atoms with Crippen LogP contribution in [0.3, 0.4) is 0 Å². The van der Waals surface area contributed by atoms with Gasteiger partial charge in [-0.05, 0) is 6.42 Å². The van der Waals surface area contributed by atoms with Gasteiger partial charge in [-0.2, -0.15) is 4.79 Å². The molecule has 0 atom stereocenters. The first kappa shape index (κ1) is 7.05. The number of carbonyl (C=O) groups excluding carboxylic acids is 1. The second-order valence-electron chi connectivity index (χ2n) is 1.46. The molecule has 44 valence electrons. The molecule has 0 saturated carbocycles. The fourth-order valence-corrected chi connectivity index (χ4v) is 0.389. The molecule has 0 spiro atoms. The Hall–Kier alpha value is -0.950. The summed E-state index contributed by atoms with van der Waals surface area (Å²) in [6, 6.07) is 0. The highest BCUT2D eigenvalue weighted by atomic mass is 16.1. The molecule has 0 aliphatic carbocycles. The second kappa shape index (κ2) is 4.22. The van der Waals surface area contributed by atoms with Crippen LogP contribution in [-0.4, -0.2) is 16.8 Å². The van der Waals surface area contributed by atoms with Crippen LogP contribution in [0.1, 0.15) is 19.8 Å². The molecule has 3 heteroatoms. The highest BCUT2D eigenvalue weighted by Crippen LogP contribution is 1.83. The first-order valence-electron chi connectivity index (χ1n) is 2.51. The van der Waals surface area contributed by atoms with E-state index in [2.05, 4.69) is 4.79 Å². The molecule has 0 saturated heterocycles. The molecule has 0 N–H and O–H groups in total. The quantitative estimate of drug-likeness (QED) is 0.229. The lowest BCUT2D eigenvalue weighted by Crippen LogP contribution is -1.98. The normalized spacial score (nSPS) is 7.62. The number of carbonyl (C=O) groups is 1. The molecule has 0 radical (unpaired) electrons. The molecule has 0 heterocycles. The number of aldehydes is 1. The van der Waals surface area contributed by atoms with Crippen LogP contribution in [0, 0.1) is 0 Å². The maximum atomic E-state index is 9.84. The summed E-state index contributed by atoms with van der Waals surface area (Å²) in [4.78, 5) is 12.6. The molecule has 0 aromatic rings. The van der Waals surface area contributed by atoms with Crippen LogP contribution >= 0.6 is 0 Å². The average Bonchev–Trinajstić information content (AvgIpc) is 1.83. The van der Waals surface area contributed by atoms with Crippen LogP contribution in [0.25, 0.3) is 5.53 Å². The molecule has 0 unspecified atom stereocenters. The summed E-state index contributed by atoms with van der Waals surface area (Å²) in [6.07, 6.45) is 1.95. The Kier molecular flexibility index (Phi) is 3.71. The van der Waals surface area contributed by atoms with Gasteiger partial charge < -0.3 is 5.53 Å². The molecule has 0 aliphatic rings. The minimum Gasteiger partial charge on any atom is -0.361 e. The van der Waals surface area contributed by atoms with Crippen LogP contribution in [0.2, 0.25) is 0 Å². The van der Waals surface area contributed by atoms with Gasteiger partial charge in [-0.25, -0.2) is 0 Å². The van der Waals surface area contributed by atoms with E-state index in [0.717, 1.165) is 6.42 Å². The maximum Gasteiger partial charge on any atom is 0.331 e. The van der Waals surface area contributed by atoms with E-state index in [-0.39, 0.29) is 5.71 Å². The van der Waals surface area contributed by atoms with Gasteiger partial charge >= 0.3 is 5.71 Å². The van der Waals surface area contributed by atoms with Crippen molar-refractivity contribution in [2.45, 2.75) is 19.8 Å². The predicted octanol–water partition coefficient (Wildman–Crippen LogP) is 0.656. The summed E-state index contributed by atoms with van der Waals surface area (Å²) >= 11 is 0. The van der Waals surface area contributed by atoms with Gasteiger partial charge in [0.1, 0.15) is 0 Å². The van der Waals surface area contributed by atoms with Crippen molar-refractivity contribution in [3.63, 3.8) is 0 Å². The number of hydrogen-bond donors (Lipinski definition) is 0. The Bertz CT molecular complexity index is 124. The Balaban J connectivity index is 3.72. The third-order valence-electron chi connectivity index (χ3n) is 0.771. The van der Waals surface area contributed by atoms with Gasteiger partial charge in [0.2, 0.25) is 6.29 Å². The first-order chi connectivity index (χ1) is 3.85. The zero-order valence-corrected chi connectivity index (χ0v) is 4.79. The van der Waals surface area contributed by atoms with E-state index in [1.165, 1.54) is 0 Å². The number of nitrogens with zero attached hydrogens (tertiary/aromatic N) is 2. The van der Waals surface area contributed by atoms with Gasteiger partial charge in [0.15, 0.2) is 0 Å². The smallest absolute Gasteiger partial charge is 0.331 e. The molecule has 3 nitrogen and oxygen atoms in total. The Morgan fingerprint density at radius 1 is 1.88 bits per heavy atom. The lowest BCUT2D eigenvalue weighted by Gasteiger charge is -1.76. The van der Waals surface area contributed by atoms with Crippen LogP contribution < -0.4 is 0 Å². The van der Waals surface area contributed by atoms with Gasteiger partial charge in [-0.1, -0.05) is 6.92 Å². The summed E-state index contributed by atoms with van der Waals surface area (Å²) < 4.78 is 0. The monoisotopic (exact) mass is 112 g/mol. The zero-order valence-electron chi connectivity index (χ0n) is 4.79. The Labute approximate surface area is 47.9 Å². The zero-order chi connectivity index (χ0) is 6.41. The summed E-state index contributed by atoms with van der Waals surface area (Å²) in [5, 5.41) is 0. The highest BCUT2D eigenvalue weighted by Gasteiger charge is 2.00. The van der Waals surface area contributed by atoms with Crippen LogP contribution in [0.15, 0.2) is 0 Å². The van der Waals surface area contributed by atoms with Gasteiger partial charge in [0.05, 0.1) is 6.42 Å². The minimum atomic E-state index is 0.215. The lowest BCUT2D eigenvalue weighted by molar-refractivity contribution is -0.107. The standard InChI is InChI=1S/C5H8N2O/c1-2-3-5(4-8)7-6/h4H,2-3H2,1H3. The third kappa shape index (κ3) is 2.26. The van der Waals surface area contributed by atoms with E-state index in [1.807, 2.05) is 6.92 Å². The van der Waals surface area contributed by atoms with E-state index in [9.17, 15) is 4.79 Å². The van der Waals surface area contributed by atoms with Crippen molar-refractivity contribution >= 4 is 12.0 Å². The SMILES string of the molecule is CCCC(C=O)=[N+]=[N-]. The van der Waals surface area contributed by atoms with Crippen molar-refractivity contribution in [1.29, 1.82) is 0 Å². The summed E-state index contributed by atoms with van der Waals surface area (Å²) in [6.45, 7) is 1.91. The molecular formula is C5H8N2O. The summed E-state index contributed by atoms with van der Waals surface area (Å²) in [5.74, 6) is 0. The van der Waals surface area contributed by atoms with Gasteiger partial charge in [-0.15, -0.1) is 0 Å². The molecule has 0 bridgehead atoms. The molecule has 0 amide bonds. The molecule has 0 rings (SSSR count). The molecule has 0 fully saturated rings. The van der Waals surface area contributed by atoms with Crippen LogP contribution in [0.5, 0.6) is 0 Å². The molecule has 0 aliphatic heterocycles. The topological polar surface area (TPSA) is 53.5 Å². The lowest BCUT2D eigenvalue weighted by atomic mass is 10.2. The third-order valence-corrected chi connectivity index (χ3v) is 0.771. The first-order valence-corrected chi connectivity index (χ1v) is 2.51. The number of hydrogen-bond acceptors (Lipinski definition) is 1.